The Bertz CT molecular complexity index is 334. The Kier molecular flexibility index (Phi) is 4.50. The highest BCUT2D eigenvalue weighted by Crippen LogP contribution is 2.15. The van der Waals surface area contributed by atoms with Gasteiger partial charge in [-0.1, -0.05) is 12.1 Å². The standard InChI is InChI=1S/C12H21N3O2/c1-3-9(2)13-8-12-14-11(15-17-12)7-10-5-4-6-16-10/h9-10,13H,3-8H2,1-2H3. The van der Waals surface area contributed by atoms with Gasteiger partial charge in [-0.05, 0) is 26.2 Å². The average Bonchev–Trinajstić information content (AvgIpc) is 2.98. The molecule has 1 N–H and O–H groups in total. The van der Waals surface area contributed by atoms with E-state index in [9.17, 15) is 0 Å². The van der Waals surface area contributed by atoms with Gasteiger partial charge >= 0.3 is 0 Å². The first-order valence-electron chi connectivity index (χ1n) is 6.44. The quantitative estimate of drug-likeness (QED) is 0.818. The van der Waals surface area contributed by atoms with Gasteiger partial charge < -0.3 is 14.6 Å². The lowest BCUT2D eigenvalue weighted by atomic mass is 10.2. The summed E-state index contributed by atoms with van der Waals surface area (Å²) in [7, 11) is 0. The van der Waals surface area contributed by atoms with E-state index >= 15 is 0 Å². The van der Waals surface area contributed by atoms with E-state index in [1.807, 2.05) is 0 Å². The minimum Gasteiger partial charge on any atom is -0.378 e. The van der Waals surface area contributed by atoms with Crippen LogP contribution in [0.15, 0.2) is 4.52 Å². The molecule has 2 rings (SSSR count). The van der Waals surface area contributed by atoms with E-state index in [2.05, 4.69) is 29.3 Å². The summed E-state index contributed by atoms with van der Waals surface area (Å²) in [5.74, 6) is 1.43. The fourth-order valence-electron chi connectivity index (χ4n) is 1.86. The van der Waals surface area contributed by atoms with Crippen LogP contribution < -0.4 is 5.32 Å². The van der Waals surface area contributed by atoms with Gasteiger partial charge in [0, 0.05) is 19.1 Å². The molecule has 1 aliphatic rings. The molecule has 1 fully saturated rings. The summed E-state index contributed by atoms with van der Waals surface area (Å²) >= 11 is 0. The largest absolute Gasteiger partial charge is 0.378 e. The van der Waals surface area contributed by atoms with Crippen molar-refractivity contribution in [1.82, 2.24) is 15.5 Å². The summed E-state index contributed by atoms with van der Waals surface area (Å²) in [4.78, 5) is 4.36. The fraction of sp³-hybridized carbons (Fsp3) is 0.833. The molecule has 0 amide bonds. The summed E-state index contributed by atoms with van der Waals surface area (Å²) in [6.07, 6.45) is 4.40. The monoisotopic (exact) mass is 239 g/mol. The van der Waals surface area contributed by atoms with Gasteiger partial charge in [-0.15, -0.1) is 0 Å². The van der Waals surface area contributed by atoms with Gasteiger partial charge in [-0.2, -0.15) is 4.98 Å². The molecule has 2 unspecified atom stereocenters. The molecular weight excluding hydrogens is 218 g/mol. The van der Waals surface area contributed by atoms with Crippen molar-refractivity contribution >= 4 is 0 Å². The van der Waals surface area contributed by atoms with Crippen LogP contribution >= 0.6 is 0 Å². The van der Waals surface area contributed by atoms with E-state index < -0.39 is 0 Å². The second kappa shape index (κ2) is 6.12. The van der Waals surface area contributed by atoms with Crippen LogP contribution in [0.25, 0.3) is 0 Å². The van der Waals surface area contributed by atoms with Crippen LogP contribution in [0.3, 0.4) is 0 Å². The number of aromatic nitrogens is 2. The Morgan fingerprint density at radius 1 is 1.53 bits per heavy atom. The first kappa shape index (κ1) is 12.5. The zero-order valence-corrected chi connectivity index (χ0v) is 10.6. The van der Waals surface area contributed by atoms with Crippen LogP contribution in [0.4, 0.5) is 0 Å². The van der Waals surface area contributed by atoms with Gasteiger partial charge in [0.15, 0.2) is 5.82 Å². The van der Waals surface area contributed by atoms with Crippen LogP contribution in [0, 0.1) is 0 Å². The molecule has 1 aromatic rings. The summed E-state index contributed by atoms with van der Waals surface area (Å²) < 4.78 is 10.7. The lowest BCUT2D eigenvalue weighted by molar-refractivity contribution is 0.109. The number of ether oxygens (including phenoxy) is 1. The van der Waals surface area contributed by atoms with Crippen molar-refractivity contribution in [2.75, 3.05) is 6.61 Å². The van der Waals surface area contributed by atoms with E-state index in [-0.39, 0.29) is 6.10 Å². The molecule has 0 saturated carbocycles. The highest BCUT2D eigenvalue weighted by Gasteiger charge is 2.19. The third-order valence-electron chi connectivity index (χ3n) is 3.16. The zero-order chi connectivity index (χ0) is 12.1. The maximum atomic E-state index is 5.54. The molecule has 0 spiro atoms. The van der Waals surface area contributed by atoms with Crippen LogP contribution in [0.5, 0.6) is 0 Å². The Balaban J connectivity index is 1.78. The Morgan fingerprint density at radius 2 is 2.41 bits per heavy atom. The zero-order valence-electron chi connectivity index (χ0n) is 10.6. The number of rotatable bonds is 6. The summed E-state index contributed by atoms with van der Waals surface area (Å²) in [5.41, 5.74) is 0. The third kappa shape index (κ3) is 3.78. The highest BCUT2D eigenvalue weighted by molar-refractivity contribution is 4.89. The normalized spacial score (nSPS) is 21.9. The molecule has 0 radical (unpaired) electrons. The van der Waals surface area contributed by atoms with E-state index in [1.54, 1.807) is 0 Å². The van der Waals surface area contributed by atoms with Gasteiger partial charge in [0.05, 0.1) is 12.6 Å². The van der Waals surface area contributed by atoms with E-state index in [4.69, 9.17) is 9.26 Å². The molecule has 1 saturated heterocycles. The molecule has 2 heterocycles. The predicted octanol–water partition coefficient (Wildman–Crippen LogP) is 1.68. The van der Waals surface area contributed by atoms with Crippen molar-refractivity contribution in [1.29, 1.82) is 0 Å². The predicted molar refractivity (Wildman–Crippen MR) is 63.6 cm³/mol. The van der Waals surface area contributed by atoms with Crippen LogP contribution in [0.2, 0.25) is 0 Å². The molecular formula is C12H21N3O2. The van der Waals surface area contributed by atoms with Crippen molar-refractivity contribution in [3.63, 3.8) is 0 Å². The highest BCUT2D eigenvalue weighted by atomic mass is 16.5. The lowest BCUT2D eigenvalue weighted by Crippen LogP contribution is -2.24. The van der Waals surface area contributed by atoms with Crippen molar-refractivity contribution in [2.45, 2.75) is 58.2 Å². The van der Waals surface area contributed by atoms with E-state index in [1.165, 1.54) is 0 Å². The van der Waals surface area contributed by atoms with Crippen LogP contribution in [-0.4, -0.2) is 28.9 Å². The van der Waals surface area contributed by atoms with Gasteiger partial charge in [-0.3, -0.25) is 0 Å². The van der Waals surface area contributed by atoms with Crippen LogP contribution in [-0.2, 0) is 17.7 Å². The minimum atomic E-state index is 0.281. The lowest BCUT2D eigenvalue weighted by Gasteiger charge is -2.07. The molecule has 2 atom stereocenters. The van der Waals surface area contributed by atoms with Crippen molar-refractivity contribution in [3.8, 4) is 0 Å². The van der Waals surface area contributed by atoms with E-state index in [0.29, 0.717) is 18.5 Å². The first-order chi connectivity index (χ1) is 8.28. The van der Waals surface area contributed by atoms with Gasteiger partial charge in [0.25, 0.3) is 0 Å². The van der Waals surface area contributed by atoms with Crippen molar-refractivity contribution in [2.24, 2.45) is 0 Å². The summed E-state index contributed by atoms with van der Waals surface area (Å²) in [6.45, 7) is 5.80. The Hall–Kier alpha value is -0.940. The number of hydrogen-bond acceptors (Lipinski definition) is 5. The molecule has 96 valence electrons. The molecule has 5 heteroatoms. The Morgan fingerprint density at radius 3 is 3.12 bits per heavy atom. The number of hydrogen-bond donors (Lipinski definition) is 1. The van der Waals surface area contributed by atoms with Gasteiger partial charge in [0.1, 0.15) is 0 Å². The second-order valence-electron chi connectivity index (χ2n) is 4.63. The molecule has 5 nitrogen and oxygen atoms in total. The molecule has 0 bridgehead atoms. The minimum absolute atomic E-state index is 0.281. The first-order valence-corrected chi connectivity index (χ1v) is 6.44. The maximum absolute atomic E-state index is 5.54. The van der Waals surface area contributed by atoms with Gasteiger partial charge in [0.2, 0.25) is 5.89 Å². The van der Waals surface area contributed by atoms with Crippen LogP contribution in [0.1, 0.15) is 44.8 Å². The summed E-state index contributed by atoms with van der Waals surface area (Å²) in [5, 5.41) is 7.31. The second-order valence-corrected chi connectivity index (χ2v) is 4.63. The molecule has 0 aromatic carbocycles. The SMILES string of the molecule is CCC(C)NCc1nc(CC2CCCO2)no1. The van der Waals surface area contributed by atoms with Crippen molar-refractivity contribution in [3.05, 3.63) is 11.7 Å². The summed E-state index contributed by atoms with van der Waals surface area (Å²) in [6, 6.07) is 0.475. The number of nitrogens with zero attached hydrogens (tertiary/aromatic N) is 2. The average molecular weight is 239 g/mol. The third-order valence-corrected chi connectivity index (χ3v) is 3.16. The number of nitrogens with one attached hydrogen (secondary N) is 1. The van der Waals surface area contributed by atoms with Crippen molar-refractivity contribution < 1.29 is 9.26 Å². The molecule has 1 aromatic heterocycles. The van der Waals surface area contributed by atoms with Gasteiger partial charge in [-0.25, -0.2) is 0 Å². The Labute approximate surface area is 102 Å². The smallest absolute Gasteiger partial charge is 0.240 e. The molecule has 0 aliphatic carbocycles. The van der Waals surface area contributed by atoms with E-state index in [0.717, 1.165) is 38.1 Å². The maximum Gasteiger partial charge on any atom is 0.240 e. The molecule has 17 heavy (non-hydrogen) atoms. The topological polar surface area (TPSA) is 60.2 Å². The fourth-order valence-corrected chi connectivity index (χ4v) is 1.86. The molecule has 1 aliphatic heterocycles.